The Hall–Kier alpha value is -2.07. The normalized spacial score (nSPS) is 13.2. The number of aliphatic hydroxyl groups is 1. The molecule has 0 aliphatic carbocycles. The van der Waals surface area contributed by atoms with Crippen molar-refractivity contribution in [1.29, 1.82) is 0 Å². The van der Waals surface area contributed by atoms with Gasteiger partial charge in [-0.05, 0) is 37.1 Å². The highest BCUT2D eigenvalue weighted by Gasteiger charge is 2.20. The van der Waals surface area contributed by atoms with Crippen molar-refractivity contribution < 1.29 is 13.5 Å². The van der Waals surface area contributed by atoms with Crippen LogP contribution in [-0.2, 0) is 16.4 Å². The van der Waals surface area contributed by atoms with Gasteiger partial charge in [-0.2, -0.15) is 5.10 Å². The first-order valence-corrected chi connectivity index (χ1v) is 10.6. The van der Waals surface area contributed by atoms with E-state index in [-0.39, 0.29) is 4.90 Å². The molecular formula is C17H20N4O3S2. The Bertz CT molecular complexity index is 1060. The second-order valence-corrected chi connectivity index (χ2v) is 9.22. The monoisotopic (exact) mass is 392 g/mol. The van der Waals surface area contributed by atoms with Crippen LogP contribution in [0.1, 0.15) is 27.9 Å². The minimum absolute atomic E-state index is 0.264. The van der Waals surface area contributed by atoms with Crippen molar-refractivity contribution in [3.63, 3.8) is 0 Å². The molecule has 0 amide bonds. The summed E-state index contributed by atoms with van der Waals surface area (Å²) in [4.78, 5) is 1.55. The van der Waals surface area contributed by atoms with Crippen molar-refractivity contribution in [2.45, 2.75) is 31.5 Å². The summed E-state index contributed by atoms with van der Waals surface area (Å²) >= 11 is 1.31. The van der Waals surface area contributed by atoms with Gasteiger partial charge >= 0.3 is 0 Å². The SMILES string of the molecule is Cc1nnc2sc(C(O)NCc3ccc(S(C)(=O)=O)cc3)c(N)c2c1C. The number of aryl methyl sites for hydroxylation is 2. The summed E-state index contributed by atoms with van der Waals surface area (Å²) in [5.41, 5.74) is 9.34. The number of anilines is 1. The molecule has 0 aliphatic rings. The molecule has 2 aromatic heterocycles. The first kappa shape index (κ1) is 18.7. The lowest BCUT2D eigenvalue weighted by molar-refractivity contribution is 0.141. The van der Waals surface area contributed by atoms with Gasteiger partial charge in [0.25, 0.3) is 0 Å². The zero-order valence-corrected chi connectivity index (χ0v) is 16.3. The van der Waals surface area contributed by atoms with E-state index in [4.69, 9.17) is 5.73 Å². The third-order valence-electron chi connectivity index (χ3n) is 4.26. The number of fused-ring (bicyclic) bond motifs is 1. The molecule has 9 heteroatoms. The van der Waals surface area contributed by atoms with Gasteiger partial charge in [0.1, 0.15) is 11.1 Å². The van der Waals surface area contributed by atoms with Crippen molar-refractivity contribution >= 4 is 37.1 Å². The number of rotatable bonds is 5. The molecule has 2 heterocycles. The van der Waals surface area contributed by atoms with E-state index in [9.17, 15) is 13.5 Å². The fourth-order valence-electron chi connectivity index (χ4n) is 2.62. The summed E-state index contributed by atoms with van der Waals surface area (Å²) in [5, 5.41) is 22.6. The third kappa shape index (κ3) is 3.56. The fourth-order valence-corrected chi connectivity index (χ4v) is 4.32. The van der Waals surface area contributed by atoms with E-state index in [1.54, 1.807) is 24.3 Å². The Morgan fingerprint density at radius 2 is 1.88 bits per heavy atom. The Labute approximate surface area is 155 Å². The summed E-state index contributed by atoms with van der Waals surface area (Å²) < 4.78 is 23.0. The van der Waals surface area contributed by atoms with Crippen LogP contribution < -0.4 is 11.1 Å². The van der Waals surface area contributed by atoms with Gasteiger partial charge in [-0.3, -0.25) is 5.32 Å². The van der Waals surface area contributed by atoms with E-state index in [1.807, 2.05) is 13.8 Å². The van der Waals surface area contributed by atoms with Gasteiger partial charge in [0.05, 0.1) is 21.2 Å². The molecule has 1 atom stereocenters. The van der Waals surface area contributed by atoms with Crippen molar-refractivity contribution in [1.82, 2.24) is 15.5 Å². The van der Waals surface area contributed by atoms with E-state index >= 15 is 0 Å². The molecule has 0 spiro atoms. The maximum atomic E-state index is 11.5. The Balaban J connectivity index is 1.78. The molecule has 1 unspecified atom stereocenters. The van der Waals surface area contributed by atoms with Gasteiger partial charge in [-0.1, -0.05) is 12.1 Å². The average molecular weight is 393 g/mol. The molecule has 1 aromatic carbocycles. The van der Waals surface area contributed by atoms with Crippen LogP contribution in [0.3, 0.4) is 0 Å². The molecule has 0 bridgehead atoms. The van der Waals surface area contributed by atoms with Crippen molar-refractivity contribution in [2.75, 3.05) is 12.0 Å². The second-order valence-electron chi connectivity index (χ2n) is 6.17. The van der Waals surface area contributed by atoms with Crippen LogP contribution in [0.2, 0.25) is 0 Å². The maximum absolute atomic E-state index is 11.5. The molecule has 4 N–H and O–H groups in total. The van der Waals surface area contributed by atoms with E-state index in [0.717, 1.165) is 22.2 Å². The van der Waals surface area contributed by atoms with Gasteiger partial charge in [-0.25, -0.2) is 8.42 Å². The first-order valence-electron chi connectivity index (χ1n) is 7.90. The molecular weight excluding hydrogens is 372 g/mol. The van der Waals surface area contributed by atoms with Crippen LogP contribution >= 0.6 is 11.3 Å². The summed E-state index contributed by atoms with van der Waals surface area (Å²) in [6, 6.07) is 6.52. The standard InChI is InChI=1S/C17H20N4O3S2/c1-9-10(2)20-21-17-13(9)14(18)15(25-17)16(22)19-8-11-4-6-12(7-5-11)26(3,23)24/h4-7,16,19,22H,8,18H2,1-3H3. The van der Waals surface area contributed by atoms with E-state index in [2.05, 4.69) is 15.5 Å². The number of nitrogens with zero attached hydrogens (tertiary/aromatic N) is 2. The quantitative estimate of drug-likeness (QED) is 0.569. The minimum atomic E-state index is -3.22. The average Bonchev–Trinajstić information content (AvgIpc) is 2.93. The highest BCUT2D eigenvalue weighted by atomic mass is 32.2. The van der Waals surface area contributed by atoms with Crippen molar-refractivity contribution in [3.05, 3.63) is 46.0 Å². The first-order chi connectivity index (χ1) is 12.2. The Morgan fingerprint density at radius 1 is 1.23 bits per heavy atom. The number of nitrogens with two attached hydrogens (primary N) is 1. The van der Waals surface area contributed by atoms with Gasteiger partial charge in [-0.15, -0.1) is 16.4 Å². The predicted molar refractivity (Wildman–Crippen MR) is 103 cm³/mol. The number of hydrogen-bond acceptors (Lipinski definition) is 8. The van der Waals surface area contributed by atoms with Crippen LogP contribution in [0.4, 0.5) is 5.69 Å². The largest absolute Gasteiger partial charge is 0.397 e. The molecule has 7 nitrogen and oxygen atoms in total. The number of benzene rings is 1. The number of aromatic nitrogens is 2. The molecule has 0 fully saturated rings. The van der Waals surface area contributed by atoms with Gasteiger partial charge in [0.15, 0.2) is 9.84 Å². The lowest BCUT2D eigenvalue weighted by Crippen LogP contribution is -2.20. The molecule has 0 saturated heterocycles. The number of aliphatic hydroxyl groups excluding tert-OH is 1. The number of nitrogens with one attached hydrogen (secondary N) is 1. The van der Waals surface area contributed by atoms with Crippen LogP contribution in [0.5, 0.6) is 0 Å². The molecule has 3 aromatic rings. The smallest absolute Gasteiger partial charge is 0.175 e. The lowest BCUT2D eigenvalue weighted by atomic mass is 10.1. The summed E-state index contributed by atoms with van der Waals surface area (Å²) in [6.45, 7) is 4.17. The van der Waals surface area contributed by atoms with Crippen molar-refractivity contribution in [2.24, 2.45) is 0 Å². The minimum Gasteiger partial charge on any atom is -0.397 e. The van der Waals surface area contributed by atoms with Crippen LogP contribution in [-0.4, -0.2) is 30.0 Å². The molecule has 0 saturated carbocycles. The molecule has 0 radical (unpaired) electrons. The summed E-state index contributed by atoms with van der Waals surface area (Å²) in [5.74, 6) is 0. The zero-order valence-electron chi connectivity index (χ0n) is 14.6. The van der Waals surface area contributed by atoms with E-state index in [0.29, 0.717) is 21.9 Å². The molecule has 138 valence electrons. The van der Waals surface area contributed by atoms with Gasteiger partial charge < -0.3 is 10.8 Å². The van der Waals surface area contributed by atoms with Crippen molar-refractivity contribution in [3.8, 4) is 0 Å². The topological polar surface area (TPSA) is 118 Å². The van der Waals surface area contributed by atoms with Gasteiger partial charge in [0.2, 0.25) is 0 Å². The van der Waals surface area contributed by atoms with E-state index in [1.165, 1.54) is 17.6 Å². The predicted octanol–water partition coefficient (Wildman–Crippen LogP) is 2.07. The number of thiophene rings is 1. The maximum Gasteiger partial charge on any atom is 0.175 e. The molecule has 3 rings (SSSR count). The zero-order chi connectivity index (χ0) is 19.1. The number of nitrogen functional groups attached to an aromatic ring is 1. The number of hydrogen-bond donors (Lipinski definition) is 3. The highest BCUT2D eigenvalue weighted by Crippen LogP contribution is 2.37. The summed E-state index contributed by atoms with van der Waals surface area (Å²) in [7, 11) is -3.22. The van der Waals surface area contributed by atoms with Crippen LogP contribution in [0.15, 0.2) is 29.2 Å². The molecule has 26 heavy (non-hydrogen) atoms. The molecule has 0 aliphatic heterocycles. The van der Waals surface area contributed by atoms with Crippen LogP contribution in [0, 0.1) is 13.8 Å². The Morgan fingerprint density at radius 3 is 2.50 bits per heavy atom. The Kier molecular flexibility index (Phi) is 4.98. The lowest BCUT2D eigenvalue weighted by Gasteiger charge is -2.12. The van der Waals surface area contributed by atoms with E-state index < -0.39 is 16.1 Å². The number of sulfone groups is 1. The summed E-state index contributed by atoms with van der Waals surface area (Å²) in [6.07, 6.45) is 0.212. The highest BCUT2D eigenvalue weighted by molar-refractivity contribution is 7.90. The van der Waals surface area contributed by atoms with Gasteiger partial charge in [0, 0.05) is 18.2 Å². The second kappa shape index (κ2) is 6.92. The third-order valence-corrected chi connectivity index (χ3v) is 6.53. The van der Waals surface area contributed by atoms with Crippen LogP contribution in [0.25, 0.3) is 10.2 Å². The fraction of sp³-hybridized carbons (Fsp3) is 0.294.